The molecule has 0 aliphatic carbocycles. The van der Waals surface area contributed by atoms with Crippen LogP contribution in [0.1, 0.15) is 30.1 Å². The van der Waals surface area contributed by atoms with Gasteiger partial charge in [0.25, 0.3) is 5.91 Å². The minimum Gasteiger partial charge on any atom is -0.379 e. The Labute approximate surface area is 234 Å². The maximum Gasteiger partial charge on any atom is 0.260 e. The largest absolute Gasteiger partial charge is 0.379 e. The molecule has 0 saturated carbocycles. The van der Waals surface area contributed by atoms with Gasteiger partial charge in [0.05, 0.1) is 33.2 Å². The Bertz CT molecular complexity index is 1510. The van der Waals surface area contributed by atoms with Gasteiger partial charge in [-0.1, -0.05) is 24.7 Å². The van der Waals surface area contributed by atoms with Crippen LogP contribution in [0.3, 0.4) is 0 Å². The third kappa shape index (κ3) is 7.02. The number of unbranched alkanes of at least 4 members (excludes halogenated alkanes) is 1. The van der Waals surface area contributed by atoms with Crippen LogP contribution >= 0.6 is 11.3 Å². The summed E-state index contributed by atoms with van der Waals surface area (Å²) < 4.78 is 57.3. The highest BCUT2D eigenvalue weighted by Crippen LogP contribution is 2.31. The number of anilines is 1. The molecule has 2 aromatic carbocycles. The van der Waals surface area contributed by atoms with E-state index in [1.165, 1.54) is 46.0 Å². The van der Waals surface area contributed by atoms with Crippen LogP contribution in [0.25, 0.3) is 10.2 Å². The predicted molar refractivity (Wildman–Crippen MR) is 153 cm³/mol. The number of sulfonamides is 1. The van der Waals surface area contributed by atoms with E-state index in [0.29, 0.717) is 53.8 Å². The second kappa shape index (κ2) is 12.4. The lowest BCUT2D eigenvalue weighted by Gasteiger charge is -2.29. The predicted octanol–water partition coefficient (Wildman–Crippen LogP) is 3.10. The Hall–Kier alpha value is -2.42. The van der Waals surface area contributed by atoms with E-state index < -0.39 is 19.9 Å². The monoisotopic (exact) mass is 594 g/mol. The molecule has 0 radical (unpaired) electrons. The molecule has 0 atom stereocenters. The van der Waals surface area contributed by atoms with Gasteiger partial charge in [-0.3, -0.25) is 14.6 Å². The van der Waals surface area contributed by atoms with Gasteiger partial charge in [0, 0.05) is 51.6 Å². The summed E-state index contributed by atoms with van der Waals surface area (Å²) in [7, 11) is -5.49. The van der Waals surface area contributed by atoms with Gasteiger partial charge in [-0.05, 0) is 48.9 Å². The zero-order chi connectivity index (χ0) is 28.2. The fourth-order valence-corrected chi connectivity index (χ4v) is 7.16. The number of morpholine rings is 1. The van der Waals surface area contributed by atoms with Crippen LogP contribution in [-0.2, 0) is 24.6 Å². The van der Waals surface area contributed by atoms with E-state index in [9.17, 15) is 21.6 Å². The average molecular weight is 595 g/mol. The molecule has 39 heavy (non-hydrogen) atoms. The summed E-state index contributed by atoms with van der Waals surface area (Å²) in [5, 5.41) is 0.449. The van der Waals surface area contributed by atoms with Crippen molar-refractivity contribution < 1.29 is 26.4 Å². The van der Waals surface area contributed by atoms with E-state index in [2.05, 4.69) is 9.88 Å². The molecule has 0 unspecified atom stereocenters. The number of amides is 1. The van der Waals surface area contributed by atoms with Gasteiger partial charge in [-0.2, -0.15) is 0 Å². The van der Waals surface area contributed by atoms with Crippen molar-refractivity contribution in [2.24, 2.45) is 0 Å². The quantitative estimate of drug-likeness (QED) is 0.333. The molecule has 1 saturated heterocycles. The van der Waals surface area contributed by atoms with E-state index in [1.807, 2.05) is 6.92 Å². The number of nitrogens with zero attached hydrogens (tertiary/aromatic N) is 4. The lowest BCUT2D eigenvalue weighted by Crippen LogP contribution is -2.43. The number of ether oxygens (including phenoxy) is 1. The highest BCUT2D eigenvalue weighted by molar-refractivity contribution is 7.90. The number of carbonyl (C=O) groups excluding carboxylic acids is 1. The fraction of sp³-hybridized carbons (Fsp3) is 0.462. The minimum absolute atomic E-state index is 0.130. The van der Waals surface area contributed by atoms with Crippen molar-refractivity contribution in [3.8, 4) is 0 Å². The van der Waals surface area contributed by atoms with Crippen LogP contribution < -0.4 is 4.90 Å². The zero-order valence-electron chi connectivity index (χ0n) is 22.4. The smallest absolute Gasteiger partial charge is 0.260 e. The van der Waals surface area contributed by atoms with Crippen molar-refractivity contribution in [2.45, 2.75) is 29.6 Å². The van der Waals surface area contributed by atoms with Crippen molar-refractivity contribution in [1.82, 2.24) is 14.2 Å². The van der Waals surface area contributed by atoms with Gasteiger partial charge in [-0.15, -0.1) is 0 Å². The summed E-state index contributed by atoms with van der Waals surface area (Å²) in [5.74, 6) is -0.311. The third-order valence-corrected chi connectivity index (χ3v) is 10.7. The first-order valence-corrected chi connectivity index (χ1v) is 16.9. The van der Waals surface area contributed by atoms with Crippen LogP contribution in [-0.4, -0.2) is 96.2 Å². The van der Waals surface area contributed by atoms with Crippen LogP contribution in [0.4, 0.5) is 5.13 Å². The number of hydrogen-bond acceptors (Lipinski definition) is 9. The van der Waals surface area contributed by atoms with Crippen LogP contribution in [0.5, 0.6) is 0 Å². The highest BCUT2D eigenvalue weighted by Gasteiger charge is 2.25. The lowest BCUT2D eigenvalue weighted by molar-refractivity contribution is 0.0391. The zero-order valence-corrected chi connectivity index (χ0v) is 24.8. The first-order valence-electron chi connectivity index (χ1n) is 12.8. The second-order valence-electron chi connectivity index (χ2n) is 9.51. The van der Waals surface area contributed by atoms with Crippen LogP contribution in [0.15, 0.2) is 52.3 Å². The highest BCUT2D eigenvalue weighted by atomic mass is 32.2. The topological polar surface area (TPSA) is 117 Å². The van der Waals surface area contributed by atoms with Crippen molar-refractivity contribution in [2.75, 3.05) is 64.1 Å². The number of fused-ring (bicyclic) bond motifs is 1. The van der Waals surface area contributed by atoms with Crippen molar-refractivity contribution in [1.29, 1.82) is 0 Å². The van der Waals surface area contributed by atoms with Crippen molar-refractivity contribution in [3.05, 3.63) is 48.0 Å². The van der Waals surface area contributed by atoms with Gasteiger partial charge >= 0.3 is 0 Å². The Morgan fingerprint density at radius 3 is 2.33 bits per heavy atom. The average Bonchev–Trinajstić information content (AvgIpc) is 3.35. The summed E-state index contributed by atoms with van der Waals surface area (Å²) in [5.41, 5.74) is 0.936. The second-order valence-corrected chi connectivity index (χ2v) is 14.6. The molecule has 1 amide bonds. The molecule has 0 N–H and O–H groups in total. The van der Waals surface area contributed by atoms with Crippen LogP contribution in [0.2, 0.25) is 0 Å². The maximum absolute atomic E-state index is 13.8. The van der Waals surface area contributed by atoms with Crippen LogP contribution in [0, 0.1) is 0 Å². The molecule has 212 valence electrons. The number of aromatic nitrogens is 1. The van der Waals surface area contributed by atoms with Gasteiger partial charge in [0.15, 0.2) is 15.0 Å². The normalized spacial score (nSPS) is 15.2. The maximum atomic E-state index is 13.8. The SMILES string of the molecule is CCCCN(C)S(=O)(=O)c1ccc(C(=O)N(CCN2CCOCC2)c2nc3ccc(S(C)(=O)=O)cc3s2)cc1. The summed E-state index contributed by atoms with van der Waals surface area (Å²) in [6.07, 6.45) is 2.80. The van der Waals surface area contributed by atoms with E-state index in [-0.39, 0.29) is 15.7 Å². The molecule has 0 bridgehead atoms. The molecule has 1 aliphatic heterocycles. The molecule has 3 aromatic rings. The number of hydrogen-bond donors (Lipinski definition) is 0. The van der Waals surface area contributed by atoms with Crippen molar-refractivity contribution in [3.63, 3.8) is 0 Å². The molecule has 2 heterocycles. The Kier molecular flexibility index (Phi) is 9.40. The molecular formula is C26H34N4O6S3. The van der Waals surface area contributed by atoms with E-state index in [4.69, 9.17) is 4.74 Å². The summed E-state index contributed by atoms with van der Waals surface area (Å²) in [6, 6.07) is 10.7. The van der Waals surface area contributed by atoms with Gasteiger partial charge in [0.1, 0.15) is 0 Å². The molecule has 1 fully saturated rings. The molecule has 4 rings (SSSR count). The Morgan fingerprint density at radius 1 is 1.03 bits per heavy atom. The molecule has 0 spiro atoms. The lowest BCUT2D eigenvalue weighted by atomic mass is 10.2. The number of rotatable bonds is 11. The minimum atomic E-state index is -3.65. The molecule has 1 aromatic heterocycles. The molecule has 1 aliphatic rings. The van der Waals surface area contributed by atoms with Gasteiger partial charge in [-0.25, -0.2) is 26.1 Å². The van der Waals surface area contributed by atoms with Crippen molar-refractivity contribution >= 4 is 52.5 Å². The Morgan fingerprint density at radius 2 is 1.69 bits per heavy atom. The van der Waals surface area contributed by atoms with E-state index >= 15 is 0 Å². The van der Waals surface area contributed by atoms with E-state index in [0.717, 1.165) is 32.2 Å². The molecular weight excluding hydrogens is 561 g/mol. The van der Waals surface area contributed by atoms with Gasteiger partial charge in [0.2, 0.25) is 10.0 Å². The number of benzene rings is 2. The third-order valence-electron chi connectivity index (χ3n) is 6.63. The Balaban J connectivity index is 1.63. The van der Waals surface area contributed by atoms with Gasteiger partial charge < -0.3 is 4.74 Å². The molecule has 10 nitrogen and oxygen atoms in total. The first-order chi connectivity index (χ1) is 18.5. The van der Waals surface area contributed by atoms with E-state index in [1.54, 1.807) is 24.1 Å². The number of thiazole rings is 1. The fourth-order valence-electron chi connectivity index (χ4n) is 4.20. The standard InChI is InChI=1S/C26H34N4O6S3/c1-4-5-12-28(2)39(34,35)21-8-6-20(7-9-21)25(31)30(14-13-29-15-17-36-18-16-29)26-27-23-11-10-22(38(3,32)33)19-24(23)37-26/h6-11,19H,4-5,12-18H2,1-3H3. The number of carbonyl (C=O) groups is 1. The summed E-state index contributed by atoms with van der Waals surface area (Å²) in [6.45, 7) is 6.17. The molecule has 13 heteroatoms. The first kappa shape index (κ1) is 29.6. The summed E-state index contributed by atoms with van der Waals surface area (Å²) >= 11 is 1.25. The summed E-state index contributed by atoms with van der Waals surface area (Å²) in [4.78, 5) is 22.5. The number of sulfone groups is 1.